The van der Waals surface area contributed by atoms with Gasteiger partial charge in [0.15, 0.2) is 0 Å². The number of ketones is 1. The number of aryl methyl sites for hydroxylation is 3. The summed E-state index contributed by atoms with van der Waals surface area (Å²) in [7, 11) is 1.66. The third-order valence-corrected chi connectivity index (χ3v) is 6.00. The number of carbonyl (C=O) groups is 2. The van der Waals surface area contributed by atoms with E-state index in [1.807, 2.05) is 51.1 Å². The summed E-state index contributed by atoms with van der Waals surface area (Å²) in [6.45, 7) is 11.7. The van der Waals surface area contributed by atoms with E-state index in [-0.39, 0.29) is 11.3 Å². The molecular formula is C26H32N2O3. The molecule has 31 heavy (non-hydrogen) atoms. The molecule has 0 atom stereocenters. The number of ether oxygens (including phenoxy) is 1. The van der Waals surface area contributed by atoms with Gasteiger partial charge < -0.3 is 15.4 Å². The summed E-state index contributed by atoms with van der Waals surface area (Å²) in [6.07, 6.45) is 3.33. The van der Waals surface area contributed by atoms with Gasteiger partial charge >= 0.3 is 0 Å². The van der Waals surface area contributed by atoms with Gasteiger partial charge in [-0.15, -0.1) is 0 Å². The van der Waals surface area contributed by atoms with Gasteiger partial charge in [0.05, 0.1) is 11.1 Å². The van der Waals surface area contributed by atoms with Gasteiger partial charge in [-0.05, 0) is 86.6 Å². The van der Waals surface area contributed by atoms with Crippen LogP contribution in [0.4, 0.5) is 5.69 Å². The molecule has 1 fully saturated rings. The first kappa shape index (κ1) is 22.6. The number of anilines is 1. The van der Waals surface area contributed by atoms with Crippen LogP contribution in [-0.2, 0) is 15.0 Å². The van der Waals surface area contributed by atoms with Crippen LogP contribution in [0.3, 0.4) is 0 Å². The van der Waals surface area contributed by atoms with Crippen LogP contribution in [-0.4, -0.2) is 18.7 Å². The van der Waals surface area contributed by atoms with Crippen LogP contribution in [0.15, 0.2) is 42.6 Å². The topological polar surface area (TPSA) is 67.4 Å². The van der Waals surface area contributed by atoms with Crippen LogP contribution < -0.4 is 15.4 Å². The Kier molecular flexibility index (Phi) is 6.54. The highest BCUT2D eigenvalue weighted by Gasteiger charge is 2.50. The molecule has 0 spiro atoms. The Balaban J connectivity index is 1.86. The molecule has 3 rings (SSSR count). The van der Waals surface area contributed by atoms with Crippen molar-refractivity contribution in [2.24, 2.45) is 0 Å². The quantitative estimate of drug-likeness (QED) is 0.528. The van der Waals surface area contributed by atoms with Crippen molar-refractivity contribution >= 4 is 17.4 Å². The van der Waals surface area contributed by atoms with E-state index in [4.69, 9.17) is 4.74 Å². The number of Topliss-reactive ketones (excluding diaryl/α,β-unsaturated/α-hetero) is 1. The normalized spacial score (nSPS) is 14.0. The number of rotatable bonds is 9. The van der Waals surface area contributed by atoms with E-state index in [0.29, 0.717) is 23.6 Å². The molecule has 0 heterocycles. The van der Waals surface area contributed by atoms with Crippen molar-refractivity contribution in [1.29, 1.82) is 0 Å². The number of hydrogen-bond donors (Lipinski definition) is 2. The molecule has 2 aromatic carbocycles. The molecule has 1 saturated carbocycles. The number of benzene rings is 2. The molecule has 0 bridgehead atoms. The SMILES string of the molecule is C=C(NC)C(=O)Nc1cc(C)c(Oc2ccc(C)c(C3(C(=O)CCC)CC3)c2)c(C)c1. The minimum atomic E-state index is -0.326. The van der Waals surface area contributed by atoms with Crippen molar-refractivity contribution in [2.45, 2.75) is 58.8 Å². The first-order chi connectivity index (χ1) is 14.7. The maximum absolute atomic E-state index is 12.8. The molecular weight excluding hydrogens is 388 g/mol. The molecule has 0 saturated heterocycles. The standard InChI is InChI=1S/C26H32N2O3/c1-7-8-23(29)26(11-12-26)22-15-21(10-9-16(22)2)31-24-17(3)13-20(14-18(24)4)28-25(30)19(5)27-6/h9-10,13-15,27H,5,7-8,11-12H2,1-4,6H3,(H,28,30). The van der Waals surface area contributed by atoms with Gasteiger partial charge in [0.1, 0.15) is 17.3 Å². The Morgan fingerprint density at radius 2 is 1.71 bits per heavy atom. The maximum Gasteiger partial charge on any atom is 0.271 e. The molecule has 1 amide bonds. The van der Waals surface area contributed by atoms with Crippen LogP contribution in [0, 0.1) is 20.8 Å². The Morgan fingerprint density at radius 1 is 1.06 bits per heavy atom. The number of likely N-dealkylation sites (N-methyl/N-ethyl adjacent to an activating group) is 1. The van der Waals surface area contributed by atoms with Crippen molar-refractivity contribution < 1.29 is 14.3 Å². The van der Waals surface area contributed by atoms with Crippen LogP contribution in [0.1, 0.15) is 54.9 Å². The van der Waals surface area contributed by atoms with Gasteiger partial charge in [0.25, 0.3) is 5.91 Å². The third-order valence-electron chi connectivity index (χ3n) is 6.00. The van der Waals surface area contributed by atoms with Gasteiger partial charge in [0.2, 0.25) is 0 Å². The second-order valence-corrected chi connectivity index (χ2v) is 8.46. The van der Waals surface area contributed by atoms with E-state index in [0.717, 1.165) is 53.0 Å². The monoisotopic (exact) mass is 420 g/mol. The van der Waals surface area contributed by atoms with Crippen molar-refractivity contribution in [2.75, 3.05) is 12.4 Å². The summed E-state index contributed by atoms with van der Waals surface area (Å²) in [5.41, 5.74) is 4.71. The van der Waals surface area contributed by atoms with Crippen LogP contribution in [0.25, 0.3) is 0 Å². The minimum Gasteiger partial charge on any atom is -0.457 e. The lowest BCUT2D eigenvalue weighted by Gasteiger charge is -2.19. The first-order valence-electron chi connectivity index (χ1n) is 10.8. The molecule has 0 unspecified atom stereocenters. The lowest BCUT2D eigenvalue weighted by molar-refractivity contribution is -0.121. The van der Waals surface area contributed by atoms with Gasteiger partial charge in [-0.3, -0.25) is 9.59 Å². The van der Waals surface area contributed by atoms with Crippen LogP contribution in [0.2, 0.25) is 0 Å². The van der Waals surface area contributed by atoms with Crippen molar-refractivity contribution in [3.05, 3.63) is 64.9 Å². The summed E-state index contributed by atoms with van der Waals surface area (Å²) in [6, 6.07) is 9.77. The molecule has 0 radical (unpaired) electrons. The molecule has 164 valence electrons. The van der Waals surface area contributed by atoms with Gasteiger partial charge in [-0.2, -0.15) is 0 Å². The predicted octanol–water partition coefficient (Wildman–Crippen LogP) is 5.48. The van der Waals surface area contributed by atoms with Crippen molar-refractivity contribution in [3.8, 4) is 11.5 Å². The Labute approximate surface area is 184 Å². The fourth-order valence-electron chi connectivity index (χ4n) is 4.09. The zero-order chi connectivity index (χ0) is 22.8. The fourth-order valence-corrected chi connectivity index (χ4v) is 4.09. The smallest absolute Gasteiger partial charge is 0.271 e. The highest BCUT2D eigenvalue weighted by molar-refractivity contribution is 6.03. The summed E-state index contributed by atoms with van der Waals surface area (Å²) < 4.78 is 6.27. The zero-order valence-corrected chi connectivity index (χ0v) is 19.1. The number of amides is 1. The van der Waals surface area contributed by atoms with E-state index in [9.17, 15) is 9.59 Å². The number of hydrogen-bond acceptors (Lipinski definition) is 4. The Bertz CT molecular complexity index is 1010. The lowest BCUT2D eigenvalue weighted by atomic mass is 9.86. The highest BCUT2D eigenvalue weighted by Crippen LogP contribution is 2.51. The second kappa shape index (κ2) is 8.96. The van der Waals surface area contributed by atoms with E-state index in [2.05, 4.69) is 24.1 Å². The average molecular weight is 421 g/mol. The van der Waals surface area contributed by atoms with Gasteiger partial charge in [0, 0.05) is 19.2 Å². The molecule has 2 aromatic rings. The summed E-state index contributed by atoms with van der Waals surface area (Å²) in [5.74, 6) is 1.54. The predicted molar refractivity (Wildman–Crippen MR) is 125 cm³/mol. The number of nitrogens with one attached hydrogen (secondary N) is 2. The first-order valence-corrected chi connectivity index (χ1v) is 10.8. The van der Waals surface area contributed by atoms with Crippen LogP contribution in [0.5, 0.6) is 11.5 Å². The molecule has 5 heteroatoms. The Hall–Kier alpha value is -3.08. The Morgan fingerprint density at radius 3 is 2.26 bits per heavy atom. The molecule has 5 nitrogen and oxygen atoms in total. The average Bonchev–Trinajstić information content (AvgIpc) is 3.53. The minimum absolute atomic E-state index is 0.273. The largest absolute Gasteiger partial charge is 0.457 e. The van der Waals surface area contributed by atoms with Gasteiger partial charge in [-0.1, -0.05) is 19.6 Å². The molecule has 2 N–H and O–H groups in total. The molecule has 0 aliphatic heterocycles. The molecule has 1 aliphatic carbocycles. The summed E-state index contributed by atoms with van der Waals surface area (Å²) in [5, 5.41) is 5.59. The van der Waals surface area contributed by atoms with Crippen LogP contribution >= 0.6 is 0 Å². The van der Waals surface area contributed by atoms with Gasteiger partial charge in [-0.25, -0.2) is 0 Å². The zero-order valence-electron chi connectivity index (χ0n) is 19.1. The van der Waals surface area contributed by atoms with Crippen molar-refractivity contribution in [1.82, 2.24) is 5.32 Å². The summed E-state index contributed by atoms with van der Waals surface area (Å²) in [4.78, 5) is 24.8. The van der Waals surface area contributed by atoms with E-state index < -0.39 is 0 Å². The molecule has 0 aromatic heterocycles. The summed E-state index contributed by atoms with van der Waals surface area (Å²) >= 11 is 0. The fraction of sp³-hybridized carbons (Fsp3) is 0.385. The van der Waals surface area contributed by atoms with E-state index >= 15 is 0 Å². The van der Waals surface area contributed by atoms with E-state index in [1.54, 1.807) is 7.05 Å². The second-order valence-electron chi connectivity index (χ2n) is 8.46. The number of carbonyl (C=O) groups excluding carboxylic acids is 2. The highest BCUT2D eigenvalue weighted by atomic mass is 16.5. The molecule has 1 aliphatic rings. The van der Waals surface area contributed by atoms with E-state index in [1.165, 1.54) is 0 Å². The van der Waals surface area contributed by atoms with Crippen molar-refractivity contribution in [3.63, 3.8) is 0 Å². The maximum atomic E-state index is 12.8. The lowest BCUT2D eigenvalue weighted by Crippen LogP contribution is -2.22. The third kappa shape index (κ3) is 4.66.